The van der Waals surface area contributed by atoms with Gasteiger partial charge < -0.3 is 9.80 Å². The van der Waals surface area contributed by atoms with Gasteiger partial charge in [-0.05, 0) is 51.3 Å². The third-order valence-corrected chi connectivity index (χ3v) is 6.61. The third-order valence-electron chi connectivity index (χ3n) is 4.00. The molecule has 1 aliphatic rings. The summed E-state index contributed by atoms with van der Waals surface area (Å²) in [5, 5.41) is 3.82. The lowest BCUT2D eigenvalue weighted by atomic mass is 10.1. The van der Waals surface area contributed by atoms with E-state index in [0.29, 0.717) is 18.5 Å². The molecule has 0 spiro atoms. The fourth-order valence-corrected chi connectivity index (χ4v) is 5.32. The van der Waals surface area contributed by atoms with Crippen LogP contribution in [-0.4, -0.2) is 68.9 Å². The monoisotopic (exact) mass is 344 g/mol. The second-order valence-electron chi connectivity index (χ2n) is 6.18. The Labute approximate surface area is 136 Å². The molecule has 1 atom stereocenters. The van der Waals surface area contributed by atoms with Crippen molar-refractivity contribution in [3.05, 3.63) is 21.9 Å². The maximum Gasteiger partial charge on any atom is 0.255 e. The number of carbonyl (C=O) groups is 1. The first-order valence-electron chi connectivity index (χ1n) is 7.49. The molecule has 0 aromatic carbocycles. The summed E-state index contributed by atoms with van der Waals surface area (Å²) in [7, 11) is 0.994. The summed E-state index contributed by atoms with van der Waals surface area (Å²) in [4.78, 5) is 16.7. The van der Waals surface area contributed by atoms with Crippen molar-refractivity contribution in [1.29, 1.82) is 0 Å². The van der Waals surface area contributed by atoms with Crippen molar-refractivity contribution in [2.24, 2.45) is 0 Å². The molecular weight excluding hydrogens is 320 g/mol. The number of thiophene rings is 1. The zero-order valence-electron chi connectivity index (χ0n) is 13.4. The summed E-state index contributed by atoms with van der Waals surface area (Å²) in [6.45, 7) is 3.41. The lowest BCUT2D eigenvalue weighted by Gasteiger charge is -2.29. The highest BCUT2D eigenvalue weighted by Gasteiger charge is 2.35. The summed E-state index contributed by atoms with van der Waals surface area (Å²) >= 11 is 1.51. The number of nitrogens with zero attached hydrogens (tertiary/aromatic N) is 2. The number of carbonyl (C=O) groups excluding carboxylic acids is 1. The van der Waals surface area contributed by atoms with Crippen LogP contribution in [0.3, 0.4) is 0 Å². The van der Waals surface area contributed by atoms with Crippen molar-refractivity contribution in [1.82, 2.24) is 9.80 Å². The van der Waals surface area contributed by atoms with Gasteiger partial charge in [-0.15, -0.1) is 0 Å². The molecule has 0 bridgehead atoms. The standard InChI is InChI=1S/C15H24N2O3S2/c1-12-9-21-10-14(12)15(18)17(7-4-6-16(2)3)13-5-8-22(19,20)11-13/h9-10,13H,4-8,11H2,1-3H3/t13-/m1/s1. The van der Waals surface area contributed by atoms with Gasteiger partial charge in [-0.25, -0.2) is 8.42 Å². The highest BCUT2D eigenvalue weighted by molar-refractivity contribution is 7.91. The van der Waals surface area contributed by atoms with Gasteiger partial charge in [-0.3, -0.25) is 4.79 Å². The van der Waals surface area contributed by atoms with E-state index in [2.05, 4.69) is 4.90 Å². The Kier molecular flexibility index (Phi) is 5.63. The van der Waals surface area contributed by atoms with E-state index in [0.717, 1.165) is 18.5 Å². The summed E-state index contributed by atoms with van der Waals surface area (Å²) in [6, 6.07) is -0.182. The third kappa shape index (κ3) is 4.30. The minimum atomic E-state index is -3.00. The van der Waals surface area contributed by atoms with Crippen molar-refractivity contribution in [2.75, 3.05) is 38.7 Å². The predicted octanol–water partition coefficient (Wildman–Crippen LogP) is 1.64. The Hall–Kier alpha value is -0.920. The number of aryl methyl sites for hydroxylation is 1. The zero-order valence-corrected chi connectivity index (χ0v) is 15.0. The van der Waals surface area contributed by atoms with Crippen LogP contribution in [0.25, 0.3) is 0 Å². The van der Waals surface area contributed by atoms with Gasteiger partial charge in [0, 0.05) is 18.0 Å². The van der Waals surface area contributed by atoms with Crippen molar-refractivity contribution in [3.63, 3.8) is 0 Å². The average Bonchev–Trinajstić information content (AvgIpc) is 2.99. The van der Waals surface area contributed by atoms with E-state index < -0.39 is 9.84 Å². The fraction of sp³-hybridized carbons (Fsp3) is 0.667. The van der Waals surface area contributed by atoms with Crippen LogP contribution in [0.5, 0.6) is 0 Å². The largest absolute Gasteiger partial charge is 0.335 e. The normalized spacial score (nSPS) is 20.5. The number of sulfone groups is 1. The van der Waals surface area contributed by atoms with Crippen LogP contribution in [0.15, 0.2) is 10.8 Å². The topological polar surface area (TPSA) is 57.7 Å². The summed E-state index contributed by atoms with van der Waals surface area (Å²) < 4.78 is 23.5. The average molecular weight is 345 g/mol. The SMILES string of the molecule is Cc1cscc1C(=O)N(CCCN(C)C)[C@@H]1CCS(=O)(=O)C1. The molecule has 1 fully saturated rings. The molecule has 0 N–H and O–H groups in total. The molecule has 1 saturated heterocycles. The molecule has 2 heterocycles. The van der Waals surface area contributed by atoms with Gasteiger partial charge in [0.1, 0.15) is 0 Å². The quantitative estimate of drug-likeness (QED) is 0.787. The Morgan fingerprint density at radius 1 is 1.32 bits per heavy atom. The van der Waals surface area contributed by atoms with Crippen LogP contribution < -0.4 is 0 Å². The lowest BCUT2D eigenvalue weighted by Crippen LogP contribution is -2.42. The summed E-state index contributed by atoms with van der Waals surface area (Å²) in [5.74, 6) is 0.265. The second kappa shape index (κ2) is 7.10. The van der Waals surface area contributed by atoms with Gasteiger partial charge in [0.05, 0.1) is 17.1 Å². The Bertz CT molecular complexity index is 622. The Morgan fingerprint density at radius 2 is 2.05 bits per heavy atom. The number of amides is 1. The molecule has 1 aromatic heterocycles. The van der Waals surface area contributed by atoms with Gasteiger partial charge in [-0.1, -0.05) is 0 Å². The first-order valence-corrected chi connectivity index (χ1v) is 10.3. The Morgan fingerprint density at radius 3 is 2.55 bits per heavy atom. The van der Waals surface area contributed by atoms with Gasteiger partial charge in [0.15, 0.2) is 9.84 Å². The van der Waals surface area contributed by atoms with Gasteiger partial charge in [0.25, 0.3) is 5.91 Å². The smallest absolute Gasteiger partial charge is 0.255 e. The first-order chi connectivity index (χ1) is 10.3. The molecule has 1 amide bonds. The zero-order chi connectivity index (χ0) is 16.3. The summed E-state index contributed by atoms with van der Waals surface area (Å²) in [6.07, 6.45) is 1.40. The number of hydrogen-bond donors (Lipinski definition) is 0. The highest BCUT2D eigenvalue weighted by atomic mass is 32.2. The fourth-order valence-electron chi connectivity index (χ4n) is 2.76. The van der Waals surface area contributed by atoms with Gasteiger partial charge in [-0.2, -0.15) is 11.3 Å². The molecule has 22 heavy (non-hydrogen) atoms. The number of hydrogen-bond acceptors (Lipinski definition) is 5. The molecule has 2 rings (SSSR count). The van der Waals surface area contributed by atoms with Gasteiger partial charge in [0.2, 0.25) is 0 Å². The molecule has 124 valence electrons. The molecular formula is C15H24N2O3S2. The second-order valence-corrected chi connectivity index (χ2v) is 9.15. The predicted molar refractivity (Wildman–Crippen MR) is 90.3 cm³/mol. The first kappa shape index (κ1) is 17.4. The van der Waals surface area contributed by atoms with Crippen molar-refractivity contribution in [2.45, 2.75) is 25.8 Å². The molecule has 0 radical (unpaired) electrons. The van der Waals surface area contributed by atoms with Crippen molar-refractivity contribution in [3.8, 4) is 0 Å². The lowest BCUT2D eigenvalue weighted by molar-refractivity contribution is 0.0690. The number of rotatable bonds is 6. The van der Waals surface area contributed by atoms with Crippen LogP contribution in [0, 0.1) is 6.92 Å². The van der Waals surface area contributed by atoms with E-state index >= 15 is 0 Å². The van der Waals surface area contributed by atoms with E-state index in [1.54, 1.807) is 4.90 Å². The molecule has 1 aromatic rings. The molecule has 5 nitrogen and oxygen atoms in total. The maximum atomic E-state index is 12.8. The Balaban J connectivity index is 2.14. The van der Waals surface area contributed by atoms with E-state index in [-0.39, 0.29) is 23.5 Å². The van der Waals surface area contributed by atoms with E-state index in [9.17, 15) is 13.2 Å². The van der Waals surface area contributed by atoms with Crippen LogP contribution in [0.1, 0.15) is 28.8 Å². The molecule has 1 aliphatic heterocycles. The van der Waals surface area contributed by atoms with Gasteiger partial charge >= 0.3 is 0 Å². The van der Waals surface area contributed by atoms with Crippen LogP contribution in [0.2, 0.25) is 0 Å². The highest BCUT2D eigenvalue weighted by Crippen LogP contribution is 2.23. The van der Waals surface area contributed by atoms with E-state index in [1.807, 2.05) is 31.8 Å². The minimum Gasteiger partial charge on any atom is -0.335 e. The molecule has 0 unspecified atom stereocenters. The van der Waals surface area contributed by atoms with Crippen molar-refractivity contribution < 1.29 is 13.2 Å². The molecule has 7 heteroatoms. The minimum absolute atomic E-state index is 0.0281. The van der Waals surface area contributed by atoms with Crippen LogP contribution >= 0.6 is 11.3 Å². The van der Waals surface area contributed by atoms with E-state index in [4.69, 9.17) is 0 Å². The van der Waals surface area contributed by atoms with Crippen LogP contribution in [-0.2, 0) is 9.84 Å². The molecule has 0 saturated carbocycles. The maximum absolute atomic E-state index is 12.8. The van der Waals surface area contributed by atoms with Crippen LogP contribution in [0.4, 0.5) is 0 Å². The molecule has 0 aliphatic carbocycles. The summed E-state index contributed by atoms with van der Waals surface area (Å²) in [5.41, 5.74) is 1.67. The van der Waals surface area contributed by atoms with Crippen molar-refractivity contribution >= 4 is 27.1 Å². The van der Waals surface area contributed by atoms with E-state index in [1.165, 1.54) is 11.3 Å².